The van der Waals surface area contributed by atoms with E-state index in [1.165, 1.54) is 0 Å². The van der Waals surface area contributed by atoms with Crippen molar-refractivity contribution in [3.8, 4) is 0 Å². The van der Waals surface area contributed by atoms with Crippen molar-refractivity contribution in [1.82, 2.24) is 10.3 Å². The number of hydrogen-bond acceptors (Lipinski definition) is 2. The van der Waals surface area contributed by atoms with E-state index in [2.05, 4.69) is 16.4 Å². The maximum absolute atomic E-state index is 11.7. The number of para-hydroxylation sites is 1. The van der Waals surface area contributed by atoms with E-state index in [4.69, 9.17) is 0 Å². The Morgan fingerprint density at radius 1 is 1.33 bits per heavy atom. The largest absolute Gasteiger partial charge is 0.356 e. The number of aryl methyl sites for hydroxylation is 1. The van der Waals surface area contributed by atoms with Gasteiger partial charge in [0.15, 0.2) is 0 Å². The Bertz CT molecular complexity index is 563. The minimum atomic E-state index is 0.0442. The third-order valence-corrected chi connectivity index (χ3v) is 2.92. The highest BCUT2D eigenvalue weighted by Gasteiger charge is 2.08. The predicted octanol–water partition coefficient (Wildman–Crippen LogP) is 2.61. The van der Waals surface area contributed by atoms with E-state index in [1.54, 1.807) is 0 Å². The maximum atomic E-state index is 11.7. The van der Waals surface area contributed by atoms with Gasteiger partial charge in [-0.05, 0) is 31.0 Å². The Kier molecular flexibility index (Phi) is 3.92. The van der Waals surface area contributed by atoms with E-state index in [0.717, 1.165) is 35.1 Å². The van der Waals surface area contributed by atoms with Crippen molar-refractivity contribution in [3.05, 3.63) is 41.6 Å². The summed E-state index contributed by atoms with van der Waals surface area (Å²) in [6.07, 6.45) is 1.31. The smallest absolute Gasteiger partial charge is 0.226 e. The van der Waals surface area contributed by atoms with Gasteiger partial charge >= 0.3 is 0 Å². The minimum absolute atomic E-state index is 0.0442. The molecule has 0 aliphatic heterocycles. The first kappa shape index (κ1) is 12.6. The van der Waals surface area contributed by atoms with Crippen LogP contribution in [0.5, 0.6) is 0 Å². The monoisotopic (exact) mass is 242 g/mol. The maximum Gasteiger partial charge on any atom is 0.226 e. The highest BCUT2D eigenvalue weighted by molar-refractivity contribution is 5.82. The first-order valence-electron chi connectivity index (χ1n) is 6.32. The Morgan fingerprint density at radius 3 is 2.89 bits per heavy atom. The third kappa shape index (κ3) is 2.86. The molecule has 3 nitrogen and oxygen atoms in total. The molecule has 1 heterocycles. The van der Waals surface area contributed by atoms with Crippen LogP contribution in [0.15, 0.2) is 30.3 Å². The quantitative estimate of drug-likeness (QED) is 0.895. The van der Waals surface area contributed by atoms with Crippen LogP contribution in [0, 0.1) is 6.92 Å². The van der Waals surface area contributed by atoms with Crippen molar-refractivity contribution < 1.29 is 4.79 Å². The van der Waals surface area contributed by atoms with Crippen molar-refractivity contribution in [3.63, 3.8) is 0 Å². The number of aromatic nitrogens is 1. The van der Waals surface area contributed by atoms with Gasteiger partial charge in [-0.3, -0.25) is 9.78 Å². The number of amides is 1. The van der Waals surface area contributed by atoms with Crippen molar-refractivity contribution in [2.45, 2.75) is 26.7 Å². The minimum Gasteiger partial charge on any atom is -0.356 e. The number of carbonyl (C=O) groups excluding carboxylic acids is 1. The molecule has 1 aromatic carbocycles. The molecule has 1 aromatic heterocycles. The van der Waals surface area contributed by atoms with Gasteiger partial charge in [-0.25, -0.2) is 0 Å². The van der Waals surface area contributed by atoms with E-state index in [-0.39, 0.29) is 5.91 Å². The first-order valence-corrected chi connectivity index (χ1v) is 6.32. The van der Waals surface area contributed by atoms with Gasteiger partial charge in [0, 0.05) is 11.9 Å². The van der Waals surface area contributed by atoms with Gasteiger partial charge in [0.1, 0.15) is 0 Å². The summed E-state index contributed by atoms with van der Waals surface area (Å²) >= 11 is 0. The second-order valence-corrected chi connectivity index (χ2v) is 4.47. The molecule has 0 unspecified atom stereocenters. The fraction of sp³-hybridized carbons (Fsp3) is 0.333. The predicted molar refractivity (Wildman–Crippen MR) is 73.5 cm³/mol. The van der Waals surface area contributed by atoms with Crippen LogP contribution in [0.3, 0.4) is 0 Å². The van der Waals surface area contributed by atoms with E-state index in [1.807, 2.05) is 38.1 Å². The topological polar surface area (TPSA) is 42.0 Å². The number of benzene rings is 1. The Morgan fingerprint density at radius 2 is 2.11 bits per heavy atom. The lowest BCUT2D eigenvalue weighted by Gasteiger charge is -2.07. The average Bonchev–Trinajstić information content (AvgIpc) is 2.37. The van der Waals surface area contributed by atoms with Crippen LogP contribution in [0.25, 0.3) is 10.9 Å². The number of pyridine rings is 1. The fourth-order valence-corrected chi connectivity index (χ4v) is 1.92. The highest BCUT2D eigenvalue weighted by atomic mass is 16.1. The Balaban J connectivity index is 2.22. The zero-order valence-corrected chi connectivity index (χ0v) is 10.9. The summed E-state index contributed by atoms with van der Waals surface area (Å²) in [6.45, 7) is 4.77. The van der Waals surface area contributed by atoms with Crippen LogP contribution >= 0.6 is 0 Å². The summed E-state index contributed by atoms with van der Waals surface area (Å²) in [4.78, 5) is 16.3. The molecule has 0 bridgehead atoms. The van der Waals surface area contributed by atoms with Crippen LogP contribution in [-0.4, -0.2) is 17.4 Å². The molecule has 0 saturated heterocycles. The van der Waals surface area contributed by atoms with E-state index in [0.29, 0.717) is 6.42 Å². The number of nitrogens with one attached hydrogen (secondary N) is 1. The average molecular weight is 242 g/mol. The van der Waals surface area contributed by atoms with E-state index >= 15 is 0 Å². The lowest BCUT2D eigenvalue weighted by atomic mass is 10.1. The molecular weight excluding hydrogens is 224 g/mol. The molecule has 1 amide bonds. The van der Waals surface area contributed by atoms with Crippen LogP contribution in [0.2, 0.25) is 0 Å². The van der Waals surface area contributed by atoms with E-state index < -0.39 is 0 Å². The lowest BCUT2D eigenvalue weighted by Crippen LogP contribution is -2.26. The lowest BCUT2D eigenvalue weighted by molar-refractivity contribution is -0.120. The number of fused-ring (bicyclic) bond motifs is 1. The normalized spacial score (nSPS) is 10.6. The number of rotatable bonds is 4. The first-order chi connectivity index (χ1) is 8.70. The molecule has 0 spiro atoms. The van der Waals surface area contributed by atoms with Crippen LogP contribution in [0.4, 0.5) is 0 Å². The summed E-state index contributed by atoms with van der Waals surface area (Å²) in [5.74, 6) is 0.0442. The number of hydrogen-bond donors (Lipinski definition) is 1. The molecule has 0 saturated carbocycles. The molecule has 0 aliphatic rings. The third-order valence-electron chi connectivity index (χ3n) is 2.92. The van der Waals surface area contributed by atoms with Crippen molar-refractivity contribution in [2.75, 3.05) is 6.54 Å². The molecule has 18 heavy (non-hydrogen) atoms. The van der Waals surface area contributed by atoms with Gasteiger partial charge in [0.05, 0.1) is 17.6 Å². The Hall–Kier alpha value is -1.90. The van der Waals surface area contributed by atoms with Crippen molar-refractivity contribution >= 4 is 16.8 Å². The van der Waals surface area contributed by atoms with Crippen molar-refractivity contribution in [2.24, 2.45) is 0 Å². The molecule has 1 N–H and O–H groups in total. The molecule has 0 atom stereocenters. The molecule has 2 aromatic rings. The summed E-state index contributed by atoms with van der Waals surface area (Å²) in [5, 5.41) is 4.00. The number of carbonyl (C=O) groups is 1. The van der Waals surface area contributed by atoms with Gasteiger partial charge < -0.3 is 5.32 Å². The summed E-state index contributed by atoms with van der Waals surface area (Å²) in [5.41, 5.74) is 2.88. The summed E-state index contributed by atoms with van der Waals surface area (Å²) in [7, 11) is 0. The van der Waals surface area contributed by atoms with E-state index in [9.17, 15) is 4.79 Å². The van der Waals surface area contributed by atoms with Crippen molar-refractivity contribution in [1.29, 1.82) is 0 Å². The van der Waals surface area contributed by atoms with Gasteiger partial charge in [-0.15, -0.1) is 0 Å². The van der Waals surface area contributed by atoms with Crippen LogP contribution in [0.1, 0.15) is 24.6 Å². The second-order valence-electron chi connectivity index (χ2n) is 4.47. The van der Waals surface area contributed by atoms with Gasteiger partial charge in [0.2, 0.25) is 5.91 Å². The standard InChI is InChI=1S/C15H18N2O/c1-3-8-16-15(18)10-14-11(2)9-12-6-4-5-7-13(12)17-14/h4-7,9H,3,8,10H2,1-2H3,(H,16,18). The van der Waals surface area contributed by atoms with Crippen LogP contribution in [-0.2, 0) is 11.2 Å². The fourth-order valence-electron chi connectivity index (χ4n) is 1.92. The van der Waals surface area contributed by atoms with Gasteiger partial charge in [-0.2, -0.15) is 0 Å². The molecule has 2 rings (SSSR count). The molecular formula is C15H18N2O. The molecule has 0 aliphatic carbocycles. The molecule has 3 heteroatoms. The molecule has 0 fully saturated rings. The zero-order valence-electron chi connectivity index (χ0n) is 10.9. The van der Waals surface area contributed by atoms with Gasteiger partial charge in [-0.1, -0.05) is 25.1 Å². The van der Waals surface area contributed by atoms with Crippen LogP contribution < -0.4 is 5.32 Å². The number of nitrogens with zero attached hydrogens (tertiary/aromatic N) is 1. The van der Waals surface area contributed by atoms with Gasteiger partial charge in [0.25, 0.3) is 0 Å². The highest BCUT2D eigenvalue weighted by Crippen LogP contribution is 2.16. The molecule has 0 radical (unpaired) electrons. The second kappa shape index (κ2) is 5.63. The summed E-state index contributed by atoms with van der Waals surface area (Å²) < 4.78 is 0. The Labute approximate surface area is 107 Å². The molecule has 94 valence electrons. The SMILES string of the molecule is CCCNC(=O)Cc1nc2ccccc2cc1C. The summed E-state index contributed by atoms with van der Waals surface area (Å²) in [6, 6.07) is 10.1. The zero-order chi connectivity index (χ0) is 13.0.